The lowest BCUT2D eigenvalue weighted by Gasteiger charge is -2.34. The lowest BCUT2D eigenvalue weighted by Crippen LogP contribution is -2.47. The number of nitrogens with zero attached hydrogens (tertiary/aromatic N) is 1. The Morgan fingerprint density at radius 2 is 2.04 bits per heavy atom. The summed E-state index contributed by atoms with van der Waals surface area (Å²) in [5, 5.41) is 4.63. The lowest BCUT2D eigenvalue weighted by atomic mass is 10.0. The highest BCUT2D eigenvalue weighted by Crippen LogP contribution is 2.30. The number of carbonyl (C=O) groups is 1. The number of piperidine rings is 1. The molecule has 0 saturated carbocycles. The SMILES string of the molecule is CCCN(C(=O)CSc1cc(Cl)ccc1Cl)C1CCNCC1.Cl. The summed E-state index contributed by atoms with van der Waals surface area (Å²) in [7, 11) is 0. The third-order valence-electron chi connectivity index (χ3n) is 3.78. The van der Waals surface area contributed by atoms with Gasteiger partial charge in [0.1, 0.15) is 0 Å². The van der Waals surface area contributed by atoms with Crippen LogP contribution in [0.25, 0.3) is 0 Å². The molecule has 130 valence electrons. The molecule has 1 aromatic carbocycles. The average Bonchev–Trinajstić information content (AvgIpc) is 2.54. The van der Waals surface area contributed by atoms with Gasteiger partial charge in [-0.2, -0.15) is 0 Å². The molecule has 1 heterocycles. The minimum atomic E-state index is 0. The molecule has 23 heavy (non-hydrogen) atoms. The maximum atomic E-state index is 12.6. The van der Waals surface area contributed by atoms with E-state index in [4.69, 9.17) is 23.2 Å². The Balaban J connectivity index is 0.00000264. The number of thioether (sulfide) groups is 1. The van der Waals surface area contributed by atoms with Crippen LogP contribution < -0.4 is 5.32 Å². The third kappa shape index (κ3) is 6.35. The topological polar surface area (TPSA) is 32.3 Å². The zero-order chi connectivity index (χ0) is 15.9. The van der Waals surface area contributed by atoms with E-state index in [2.05, 4.69) is 12.2 Å². The number of rotatable bonds is 6. The highest BCUT2D eigenvalue weighted by molar-refractivity contribution is 8.00. The van der Waals surface area contributed by atoms with Gasteiger partial charge in [-0.05, 0) is 50.6 Å². The van der Waals surface area contributed by atoms with E-state index < -0.39 is 0 Å². The van der Waals surface area contributed by atoms with E-state index in [9.17, 15) is 4.79 Å². The van der Waals surface area contributed by atoms with Crippen LogP contribution in [0.3, 0.4) is 0 Å². The molecule has 1 N–H and O–H groups in total. The predicted molar refractivity (Wildman–Crippen MR) is 102 cm³/mol. The maximum absolute atomic E-state index is 12.6. The van der Waals surface area contributed by atoms with Crippen molar-refractivity contribution in [1.29, 1.82) is 0 Å². The van der Waals surface area contributed by atoms with E-state index in [0.29, 0.717) is 21.8 Å². The Morgan fingerprint density at radius 1 is 1.35 bits per heavy atom. The van der Waals surface area contributed by atoms with Crippen LogP contribution in [0.2, 0.25) is 10.0 Å². The molecule has 0 spiro atoms. The number of hydrogen-bond donors (Lipinski definition) is 1. The first-order valence-electron chi connectivity index (χ1n) is 7.70. The first-order valence-corrected chi connectivity index (χ1v) is 9.44. The Labute approximate surface area is 158 Å². The molecule has 0 radical (unpaired) electrons. The molecule has 0 bridgehead atoms. The molecule has 0 aromatic heterocycles. The van der Waals surface area contributed by atoms with Crippen molar-refractivity contribution in [3.8, 4) is 0 Å². The number of halogens is 3. The van der Waals surface area contributed by atoms with Gasteiger partial charge in [0.05, 0.1) is 10.8 Å². The van der Waals surface area contributed by atoms with Gasteiger partial charge < -0.3 is 10.2 Å². The highest BCUT2D eigenvalue weighted by Gasteiger charge is 2.24. The van der Waals surface area contributed by atoms with Crippen molar-refractivity contribution < 1.29 is 4.79 Å². The van der Waals surface area contributed by atoms with Crippen molar-refractivity contribution in [2.24, 2.45) is 0 Å². The van der Waals surface area contributed by atoms with Crippen LogP contribution >= 0.6 is 47.4 Å². The Hall–Kier alpha value is -0.130. The Morgan fingerprint density at radius 3 is 2.70 bits per heavy atom. The summed E-state index contributed by atoms with van der Waals surface area (Å²) in [4.78, 5) is 15.5. The fourth-order valence-electron chi connectivity index (χ4n) is 2.68. The van der Waals surface area contributed by atoms with Crippen molar-refractivity contribution in [1.82, 2.24) is 10.2 Å². The summed E-state index contributed by atoms with van der Waals surface area (Å²) in [6.07, 6.45) is 3.06. The smallest absolute Gasteiger partial charge is 0.233 e. The first kappa shape index (κ1) is 20.9. The molecule has 2 rings (SSSR count). The van der Waals surface area contributed by atoms with Gasteiger partial charge in [0, 0.05) is 22.5 Å². The van der Waals surface area contributed by atoms with Crippen molar-refractivity contribution in [2.45, 2.75) is 37.1 Å². The van der Waals surface area contributed by atoms with Crippen molar-refractivity contribution in [3.05, 3.63) is 28.2 Å². The molecular weight excluding hydrogens is 375 g/mol. The highest BCUT2D eigenvalue weighted by atomic mass is 35.5. The quantitative estimate of drug-likeness (QED) is 0.717. The summed E-state index contributed by atoms with van der Waals surface area (Å²) in [5.41, 5.74) is 0. The van der Waals surface area contributed by atoms with Crippen LogP contribution in [-0.2, 0) is 4.79 Å². The van der Waals surface area contributed by atoms with E-state index >= 15 is 0 Å². The van der Waals surface area contributed by atoms with Gasteiger partial charge in [0.2, 0.25) is 5.91 Å². The second kappa shape index (κ2) is 10.7. The van der Waals surface area contributed by atoms with Gasteiger partial charge in [-0.1, -0.05) is 30.1 Å². The zero-order valence-electron chi connectivity index (χ0n) is 13.2. The lowest BCUT2D eigenvalue weighted by molar-refractivity contribution is -0.131. The molecular formula is C16H23Cl3N2OS. The molecule has 1 aromatic rings. The summed E-state index contributed by atoms with van der Waals surface area (Å²) in [6, 6.07) is 5.71. The van der Waals surface area contributed by atoms with E-state index in [1.165, 1.54) is 11.8 Å². The van der Waals surface area contributed by atoms with E-state index in [1.807, 2.05) is 11.0 Å². The van der Waals surface area contributed by atoms with E-state index in [0.717, 1.165) is 43.8 Å². The van der Waals surface area contributed by atoms with Gasteiger partial charge in [-0.15, -0.1) is 24.2 Å². The molecule has 1 saturated heterocycles. The monoisotopic (exact) mass is 396 g/mol. The summed E-state index contributed by atoms with van der Waals surface area (Å²) >= 11 is 13.6. The van der Waals surface area contributed by atoms with Crippen LogP contribution in [0.15, 0.2) is 23.1 Å². The normalized spacial score (nSPS) is 15.1. The van der Waals surface area contributed by atoms with Crippen molar-refractivity contribution >= 4 is 53.3 Å². The largest absolute Gasteiger partial charge is 0.339 e. The fraction of sp³-hybridized carbons (Fsp3) is 0.562. The second-order valence-corrected chi connectivity index (χ2v) is 7.29. The molecule has 3 nitrogen and oxygen atoms in total. The third-order valence-corrected chi connectivity index (χ3v) is 5.50. The summed E-state index contributed by atoms with van der Waals surface area (Å²) in [5.74, 6) is 0.596. The second-order valence-electron chi connectivity index (χ2n) is 5.43. The standard InChI is InChI=1S/C16H22Cl2N2OS.ClH/c1-2-9-20(13-5-7-19-8-6-13)16(21)11-22-15-10-12(17)3-4-14(15)18;/h3-4,10,13,19H,2,5-9,11H2,1H3;1H. The predicted octanol–water partition coefficient (Wildman–Crippen LogP) is 4.50. The van der Waals surface area contributed by atoms with E-state index in [1.54, 1.807) is 12.1 Å². The summed E-state index contributed by atoms with van der Waals surface area (Å²) < 4.78 is 0. The van der Waals surface area contributed by atoms with Gasteiger partial charge in [-0.3, -0.25) is 4.79 Å². The molecule has 0 aliphatic carbocycles. The summed E-state index contributed by atoms with van der Waals surface area (Å²) in [6.45, 7) is 4.92. The number of hydrogen-bond acceptors (Lipinski definition) is 3. The van der Waals surface area contributed by atoms with Crippen LogP contribution in [0.4, 0.5) is 0 Å². The van der Waals surface area contributed by atoms with Crippen LogP contribution in [0.5, 0.6) is 0 Å². The molecule has 0 atom stereocenters. The fourth-order valence-corrected chi connectivity index (χ4v) is 4.06. The van der Waals surface area contributed by atoms with Crippen LogP contribution in [0, 0.1) is 0 Å². The number of carbonyl (C=O) groups excluding carboxylic acids is 1. The Bertz CT molecular complexity index is 510. The number of nitrogens with one attached hydrogen (secondary N) is 1. The van der Waals surface area contributed by atoms with E-state index in [-0.39, 0.29) is 18.3 Å². The molecule has 7 heteroatoms. The van der Waals surface area contributed by atoms with Gasteiger partial charge in [0.25, 0.3) is 0 Å². The van der Waals surface area contributed by atoms with Gasteiger partial charge in [0.15, 0.2) is 0 Å². The number of amides is 1. The van der Waals surface area contributed by atoms with Gasteiger partial charge >= 0.3 is 0 Å². The first-order chi connectivity index (χ1) is 10.6. The molecule has 1 fully saturated rings. The number of benzene rings is 1. The minimum Gasteiger partial charge on any atom is -0.339 e. The molecule has 0 unspecified atom stereocenters. The molecule has 1 aliphatic heterocycles. The Kier molecular flexibility index (Phi) is 9.71. The van der Waals surface area contributed by atoms with Crippen molar-refractivity contribution in [2.75, 3.05) is 25.4 Å². The zero-order valence-corrected chi connectivity index (χ0v) is 16.3. The van der Waals surface area contributed by atoms with Crippen LogP contribution in [0.1, 0.15) is 26.2 Å². The maximum Gasteiger partial charge on any atom is 0.233 e. The van der Waals surface area contributed by atoms with Crippen molar-refractivity contribution in [3.63, 3.8) is 0 Å². The molecule has 1 aliphatic rings. The van der Waals surface area contributed by atoms with Crippen LogP contribution in [-0.4, -0.2) is 42.2 Å². The van der Waals surface area contributed by atoms with Gasteiger partial charge in [-0.25, -0.2) is 0 Å². The average molecular weight is 398 g/mol. The minimum absolute atomic E-state index is 0. The molecule has 1 amide bonds.